The van der Waals surface area contributed by atoms with Crippen LogP contribution < -0.4 is 19.7 Å². The highest BCUT2D eigenvalue weighted by Gasteiger charge is 2.48. The molecule has 7 nitrogen and oxygen atoms in total. The molecule has 4 heterocycles. The van der Waals surface area contributed by atoms with Crippen LogP contribution in [0.4, 0.5) is 5.82 Å². The van der Waals surface area contributed by atoms with Crippen molar-refractivity contribution in [2.45, 2.75) is 32.1 Å². The van der Waals surface area contributed by atoms with Crippen LogP contribution in [-0.2, 0) is 12.8 Å². The highest BCUT2D eigenvalue weighted by Crippen LogP contribution is 2.53. The predicted molar refractivity (Wildman–Crippen MR) is 102 cm³/mol. The van der Waals surface area contributed by atoms with Crippen LogP contribution >= 0.6 is 0 Å². The lowest BCUT2D eigenvalue weighted by Gasteiger charge is -2.25. The second kappa shape index (κ2) is 5.83. The summed E-state index contributed by atoms with van der Waals surface area (Å²) in [5.74, 6) is 3.09. The molecule has 2 aromatic rings. The number of carbonyl (C=O) groups is 1. The van der Waals surface area contributed by atoms with Crippen molar-refractivity contribution in [3.05, 3.63) is 40.8 Å². The lowest BCUT2D eigenvalue weighted by atomic mass is 10.0. The van der Waals surface area contributed by atoms with Crippen LogP contribution in [0.2, 0.25) is 0 Å². The molecule has 1 saturated carbocycles. The predicted octanol–water partition coefficient (Wildman–Crippen LogP) is 2.07. The summed E-state index contributed by atoms with van der Waals surface area (Å²) in [5.41, 5.74) is 3.11. The van der Waals surface area contributed by atoms with Crippen molar-refractivity contribution >= 4 is 11.7 Å². The van der Waals surface area contributed by atoms with Crippen LogP contribution in [0.1, 0.15) is 46.7 Å². The van der Waals surface area contributed by atoms with Gasteiger partial charge in [0, 0.05) is 31.6 Å². The van der Waals surface area contributed by atoms with E-state index >= 15 is 0 Å². The van der Waals surface area contributed by atoms with E-state index in [1.54, 1.807) is 0 Å². The first kappa shape index (κ1) is 16.2. The molecule has 1 aliphatic carbocycles. The Balaban J connectivity index is 1.37. The molecule has 1 saturated heterocycles. The van der Waals surface area contributed by atoms with Crippen LogP contribution in [0.25, 0.3) is 0 Å². The summed E-state index contributed by atoms with van der Waals surface area (Å²) in [4.78, 5) is 24.5. The highest BCUT2D eigenvalue weighted by molar-refractivity contribution is 5.96. The summed E-state index contributed by atoms with van der Waals surface area (Å²) in [7, 11) is 0. The van der Waals surface area contributed by atoms with Gasteiger partial charge in [0.1, 0.15) is 17.3 Å². The highest BCUT2D eigenvalue weighted by atomic mass is 16.7. The zero-order valence-electron chi connectivity index (χ0n) is 15.7. The number of hydrogen-bond acceptors (Lipinski definition) is 6. The van der Waals surface area contributed by atoms with Crippen molar-refractivity contribution in [1.82, 2.24) is 15.3 Å². The molecule has 144 valence electrons. The van der Waals surface area contributed by atoms with E-state index in [1.807, 2.05) is 18.2 Å². The lowest BCUT2D eigenvalue weighted by molar-refractivity contribution is 0.0940. The fourth-order valence-electron chi connectivity index (χ4n) is 4.59. The fourth-order valence-corrected chi connectivity index (χ4v) is 4.59. The molecule has 3 aliphatic heterocycles. The standard InChI is InChI=1S/C21H22N4O3/c26-20-18-14(3-7-22-20)19(25-8-6-21(11-25)4-5-21)24-17(23-18)10-13-1-2-15-16(9-13)28-12-27-15/h1-2,9H,3-8,10-12H2,(H,22,26). The monoisotopic (exact) mass is 378 g/mol. The van der Waals surface area contributed by atoms with Gasteiger partial charge in [0.15, 0.2) is 11.5 Å². The molecular formula is C21H22N4O3. The molecule has 2 fully saturated rings. The summed E-state index contributed by atoms with van der Waals surface area (Å²) in [5, 5.41) is 2.93. The molecule has 1 N–H and O–H groups in total. The van der Waals surface area contributed by atoms with E-state index in [1.165, 1.54) is 19.3 Å². The average molecular weight is 378 g/mol. The third-order valence-electron chi connectivity index (χ3n) is 6.40. The molecule has 4 aliphatic rings. The number of aromatic nitrogens is 2. The van der Waals surface area contributed by atoms with Crippen molar-refractivity contribution in [2.75, 3.05) is 31.3 Å². The Bertz CT molecular complexity index is 986. The van der Waals surface area contributed by atoms with Crippen LogP contribution in [0, 0.1) is 5.41 Å². The van der Waals surface area contributed by atoms with Crippen LogP contribution in [0.15, 0.2) is 18.2 Å². The van der Waals surface area contributed by atoms with Gasteiger partial charge < -0.3 is 19.7 Å². The molecule has 1 spiro atoms. The molecule has 28 heavy (non-hydrogen) atoms. The first-order chi connectivity index (χ1) is 13.7. The summed E-state index contributed by atoms with van der Waals surface area (Å²) in [6.45, 7) is 2.99. The van der Waals surface area contributed by atoms with Gasteiger partial charge in [-0.1, -0.05) is 6.07 Å². The summed E-state index contributed by atoms with van der Waals surface area (Å²) < 4.78 is 10.9. The van der Waals surface area contributed by atoms with Gasteiger partial charge in [0.2, 0.25) is 6.79 Å². The van der Waals surface area contributed by atoms with Crippen molar-refractivity contribution in [1.29, 1.82) is 0 Å². The minimum absolute atomic E-state index is 0.0860. The second-order valence-electron chi connectivity index (χ2n) is 8.33. The van der Waals surface area contributed by atoms with Crippen molar-refractivity contribution in [2.24, 2.45) is 5.41 Å². The average Bonchev–Trinajstić information content (AvgIpc) is 3.10. The van der Waals surface area contributed by atoms with E-state index < -0.39 is 0 Å². The maximum Gasteiger partial charge on any atom is 0.270 e. The van der Waals surface area contributed by atoms with Gasteiger partial charge in [-0.05, 0) is 48.8 Å². The molecule has 1 aromatic heterocycles. The van der Waals surface area contributed by atoms with Crippen LogP contribution in [-0.4, -0.2) is 42.3 Å². The fraction of sp³-hybridized carbons (Fsp3) is 0.476. The Kier molecular flexibility index (Phi) is 3.36. The summed E-state index contributed by atoms with van der Waals surface area (Å²) >= 11 is 0. The minimum Gasteiger partial charge on any atom is -0.454 e. The maximum absolute atomic E-state index is 12.5. The molecule has 1 aromatic carbocycles. The Morgan fingerprint density at radius 2 is 2.04 bits per heavy atom. The maximum atomic E-state index is 12.5. The number of rotatable bonds is 3. The molecule has 0 bridgehead atoms. The number of amides is 1. The van der Waals surface area contributed by atoms with Crippen LogP contribution in [0.5, 0.6) is 11.5 Å². The summed E-state index contributed by atoms with van der Waals surface area (Å²) in [6.07, 6.45) is 5.23. The topological polar surface area (TPSA) is 76.6 Å². The smallest absolute Gasteiger partial charge is 0.270 e. The molecule has 0 atom stereocenters. The van der Waals surface area contributed by atoms with Gasteiger partial charge in [0.05, 0.1) is 0 Å². The largest absolute Gasteiger partial charge is 0.454 e. The third kappa shape index (κ3) is 2.60. The molecule has 1 amide bonds. The Morgan fingerprint density at radius 3 is 2.89 bits per heavy atom. The molecule has 7 heteroatoms. The van der Waals surface area contributed by atoms with Gasteiger partial charge in [0.25, 0.3) is 5.91 Å². The van der Waals surface area contributed by atoms with Gasteiger partial charge >= 0.3 is 0 Å². The number of anilines is 1. The Labute approximate surface area is 163 Å². The summed E-state index contributed by atoms with van der Waals surface area (Å²) in [6, 6.07) is 5.89. The van der Waals surface area contributed by atoms with E-state index in [4.69, 9.17) is 14.5 Å². The molecule has 0 radical (unpaired) electrons. The number of ether oxygens (including phenoxy) is 2. The number of nitrogens with one attached hydrogen (secondary N) is 1. The molecular weight excluding hydrogens is 356 g/mol. The minimum atomic E-state index is -0.0860. The number of nitrogens with zero attached hydrogens (tertiary/aromatic N) is 3. The van der Waals surface area contributed by atoms with Crippen LogP contribution in [0.3, 0.4) is 0 Å². The lowest BCUT2D eigenvalue weighted by Crippen LogP contribution is -2.36. The van der Waals surface area contributed by atoms with E-state index in [0.29, 0.717) is 29.9 Å². The number of carbonyl (C=O) groups excluding carboxylic acids is 1. The number of fused-ring (bicyclic) bond motifs is 2. The normalized spacial score (nSPS) is 21.0. The van der Waals surface area contributed by atoms with Gasteiger partial charge in [-0.2, -0.15) is 0 Å². The second-order valence-corrected chi connectivity index (χ2v) is 8.33. The Morgan fingerprint density at radius 1 is 1.14 bits per heavy atom. The molecule has 0 unspecified atom stereocenters. The third-order valence-corrected chi connectivity index (χ3v) is 6.40. The van der Waals surface area contributed by atoms with E-state index in [0.717, 1.165) is 48.0 Å². The van der Waals surface area contributed by atoms with E-state index in [9.17, 15) is 4.79 Å². The molecule has 6 rings (SSSR count). The van der Waals surface area contributed by atoms with Gasteiger partial charge in [-0.15, -0.1) is 0 Å². The van der Waals surface area contributed by atoms with Gasteiger partial charge in [-0.25, -0.2) is 9.97 Å². The van der Waals surface area contributed by atoms with Gasteiger partial charge in [-0.3, -0.25) is 4.79 Å². The first-order valence-corrected chi connectivity index (χ1v) is 10.0. The first-order valence-electron chi connectivity index (χ1n) is 10.0. The number of benzene rings is 1. The SMILES string of the molecule is O=C1NCCc2c1nc(Cc1ccc3c(c1)OCO3)nc2N1CCC2(CC2)C1. The zero-order chi connectivity index (χ0) is 18.7. The number of hydrogen-bond donors (Lipinski definition) is 1. The van der Waals surface area contributed by atoms with Crippen molar-refractivity contribution < 1.29 is 14.3 Å². The van der Waals surface area contributed by atoms with E-state index in [-0.39, 0.29) is 12.7 Å². The Hall–Kier alpha value is -2.83. The van der Waals surface area contributed by atoms with Crippen molar-refractivity contribution in [3.8, 4) is 11.5 Å². The quantitative estimate of drug-likeness (QED) is 0.881. The zero-order valence-corrected chi connectivity index (χ0v) is 15.7. The van der Waals surface area contributed by atoms with Crippen molar-refractivity contribution in [3.63, 3.8) is 0 Å². The van der Waals surface area contributed by atoms with E-state index in [2.05, 4.69) is 15.2 Å².